The fraction of sp³-hybridized carbons (Fsp3) is 0.476. The van der Waals surface area contributed by atoms with Gasteiger partial charge in [0, 0.05) is 51.0 Å². The average molecular weight is 418 g/mol. The highest BCUT2D eigenvalue weighted by molar-refractivity contribution is 6.33. The number of hydrogen-bond acceptors (Lipinski definition) is 5. The molecule has 29 heavy (non-hydrogen) atoms. The molecule has 0 atom stereocenters. The number of halogens is 2. The summed E-state index contributed by atoms with van der Waals surface area (Å²) in [6.07, 6.45) is 3.68. The number of carbonyl (C=O) groups excluding carboxylic acids is 1. The number of benzene rings is 1. The van der Waals surface area contributed by atoms with Crippen LogP contribution in [0.1, 0.15) is 35.3 Å². The van der Waals surface area contributed by atoms with Gasteiger partial charge in [0.1, 0.15) is 11.6 Å². The zero-order valence-corrected chi connectivity index (χ0v) is 17.3. The number of nitrogens with zero attached hydrogens (tertiary/aromatic N) is 5. The molecule has 2 aliphatic heterocycles. The van der Waals surface area contributed by atoms with Gasteiger partial charge in [-0.25, -0.2) is 9.37 Å². The zero-order valence-electron chi connectivity index (χ0n) is 16.6. The standard InChI is InChI=1S/C21H25ClFN5O/c1-15-13-19(26-7-3-2-4-8-26)25-21(24-15)28-11-9-27(10-12-28)20(29)17-6-5-16(23)14-18(17)22/h5-6,13-14H,2-4,7-12H2,1H3. The van der Waals surface area contributed by atoms with Gasteiger partial charge in [-0.1, -0.05) is 11.6 Å². The molecule has 0 N–H and O–H groups in total. The van der Waals surface area contributed by atoms with Crippen molar-refractivity contribution in [3.05, 3.63) is 46.4 Å². The van der Waals surface area contributed by atoms with Crippen molar-refractivity contribution in [3.8, 4) is 0 Å². The lowest BCUT2D eigenvalue weighted by Crippen LogP contribution is -2.49. The summed E-state index contributed by atoms with van der Waals surface area (Å²) in [6, 6.07) is 5.93. The molecule has 154 valence electrons. The first-order chi connectivity index (χ1) is 14.0. The number of aryl methyl sites for hydroxylation is 1. The largest absolute Gasteiger partial charge is 0.356 e. The molecule has 0 radical (unpaired) electrons. The van der Waals surface area contributed by atoms with Gasteiger partial charge in [0.05, 0.1) is 10.6 Å². The van der Waals surface area contributed by atoms with Crippen LogP contribution in [0.3, 0.4) is 0 Å². The minimum Gasteiger partial charge on any atom is -0.356 e. The number of hydrogen-bond donors (Lipinski definition) is 0. The van der Waals surface area contributed by atoms with Crippen molar-refractivity contribution in [1.82, 2.24) is 14.9 Å². The highest BCUT2D eigenvalue weighted by Crippen LogP contribution is 2.23. The molecule has 2 aliphatic rings. The molecule has 1 aromatic carbocycles. The maximum absolute atomic E-state index is 13.3. The third-order valence-corrected chi connectivity index (χ3v) is 5.83. The molecule has 1 aromatic heterocycles. The zero-order chi connectivity index (χ0) is 20.4. The first kappa shape index (κ1) is 19.9. The first-order valence-electron chi connectivity index (χ1n) is 10.1. The summed E-state index contributed by atoms with van der Waals surface area (Å²) >= 11 is 6.05. The number of aromatic nitrogens is 2. The fourth-order valence-electron chi connectivity index (χ4n) is 3.91. The van der Waals surface area contributed by atoms with Crippen molar-refractivity contribution in [3.63, 3.8) is 0 Å². The predicted molar refractivity (Wildman–Crippen MR) is 112 cm³/mol. The van der Waals surface area contributed by atoms with Gasteiger partial charge in [-0.05, 0) is 44.4 Å². The molecule has 8 heteroatoms. The van der Waals surface area contributed by atoms with E-state index >= 15 is 0 Å². The number of carbonyl (C=O) groups is 1. The molecule has 2 aromatic rings. The van der Waals surface area contributed by atoms with E-state index in [0.717, 1.165) is 30.5 Å². The van der Waals surface area contributed by atoms with Gasteiger partial charge >= 0.3 is 0 Å². The molecule has 0 spiro atoms. The second kappa shape index (κ2) is 8.53. The molecule has 0 aliphatic carbocycles. The molecule has 3 heterocycles. The lowest BCUT2D eigenvalue weighted by Gasteiger charge is -2.35. The van der Waals surface area contributed by atoms with Crippen LogP contribution in [0.5, 0.6) is 0 Å². The Hall–Kier alpha value is -2.41. The third kappa shape index (κ3) is 4.45. The van der Waals surface area contributed by atoms with Gasteiger partial charge < -0.3 is 14.7 Å². The molecule has 0 bridgehead atoms. The van der Waals surface area contributed by atoms with E-state index in [9.17, 15) is 9.18 Å². The topological polar surface area (TPSA) is 52.6 Å². The summed E-state index contributed by atoms with van der Waals surface area (Å²) in [5, 5.41) is 0.144. The SMILES string of the molecule is Cc1cc(N2CCCCC2)nc(N2CCN(C(=O)c3ccc(F)cc3Cl)CC2)n1. The number of piperidine rings is 1. The highest BCUT2D eigenvalue weighted by atomic mass is 35.5. The van der Waals surface area contributed by atoms with E-state index in [1.807, 2.05) is 13.0 Å². The minimum atomic E-state index is -0.447. The second-order valence-electron chi connectivity index (χ2n) is 7.62. The van der Waals surface area contributed by atoms with Crippen LogP contribution in [0.2, 0.25) is 5.02 Å². The van der Waals surface area contributed by atoms with Gasteiger partial charge in [-0.2, -0.15) is 4.98 Å². The van der Waals surface area contributed by atoms with Crippen LogP contribution in [0.15, 0.2) is 24.3 Å². The van der Waals surface area contributed by atoms with E-state index < -0.39 is 5.82 Å². The molecule has 1 amide bonds. The van der Waals surface area contributed by atoms with E-state index in [2.05, 4.69) is 14.8 Å². The Bertz CT molecular complexity index is 895. The molecule has 2 saturated heterocycles. The molecule has 4 rings (SSSR count). The van der Waals surface area contributed by atoms with Crippen LogP contribution < -0.4 is 9.80 Å². The summed E-state index contributed by atoms with van der Waals surface area (Å²) in [6.45, 7) is 6.45. The Morgan fingerprint density at radius 3 is 2.38 bits per heavy atom. The summed E-state index contributed by atoms with van der Waals surface area (Å²) in [7, 11) is 0. The molecular weight excluding hydrogens is 393 g/mol. The van der Waals surface area contributed by atoms with E-state index in [-0.39, 0.29) is 10.9 Å². The molecular formula is C21H25ClFN5O. The maximum Gasteiger partial charge on any atom is 0.255 e. The predicted octanol–water partition coefficient (Wildman–Crippen LogP) is 3.53. The lowest BCUT2D eigenvalue weighted by molar-refractivity contribution is 0.0746. The van der Waals surface area contributed by atoms with E-state index in [1.165, 1.54) is 37.5 Å². The summed E-state index contributed by atoms with van der Waals surface area (Å²) in [5.74, 6) is 1.09. The van der Waals surface area contributed by atoms with Gasteiger partial charge in [-0.3, -0.25) is 4.79 Å². The Morgan fingerprint density at radius 2 is 1.69 bits per heavy atom. The third-order valence-electron chi connectivity index (χ3n) is 5.52. The first-order valence-corrected chi connectivity index (χ1v) is 10.5. The fourth-order valence-corrected chi connectivity index (χ4v) is 4.15. The van der Waals surface area contributed by atoms with Crippen molar-refractivity contribution >= 4 is 29.3 Å². The normalized spacial score (nSPS) is 17.6. The Balaban J connectivity index is 1.44. The van der Waals surface area contributed by atoms with Crippen molar-refractivity contribution in [2.45, 2.75) is 26.2 Å². The van der Waals surface area contributed by atoms with Gasteiger partial charge in [0.15, 0.2) is 0 Å². The quantitative estimate of drug-likeness (QED) is 0.764. The molecule has 0 unspecified atom stereocenters. The summed E-state index contributed by atoms with van der Waals surface area (Å²) in [5.41, 5.74) is 1.29. The van der Waals surface area contributed by atoms with Crippen molar-refractivity contribution in [2.24, 2.45) is 0 Å². The Kier molecular flexibility index (Phi) is 5.85. The Labute approximate surface area is 175 Å². The van der Waals surface area contributed by atoms with Crippen LogP contribution in [-0.4, -0.2) is 60.0 Å². The van der Waals surface area contributed by atoms with Crippen LogP contribution in [0.25, 0.3) is 0 Å². The van der Waals surface area contributed by atoms with E-state index in [4.69, 9.17) is 16.6 Å². The van der Waals surface area contributed by atoms with Gasteiger partial charge in [-0.15, -0.1) is 0 Å². The van der Waals surface area contributed by atoms with Crippen LogP contribution in [-0.2, 0) is 0 Å². The average Bonchev–Trinajstić information content (AvgIpc) is 2.74. The monoisotopic (exact) mass is 417 g/mol. The number of amides is 1. The van der Waals surface area contributed by atoms with Crippen LogP contribution >= 0.6 is 11.6 Å². The summed E-state index contributed by atoms with van der Waals surface area (Å²) in [4.78, 5) is 28.4. The second-order valence-corrected chi connectivity index (χ2v) is 8.03. The van der Waals surface area contributed by atoms with Crippen molar-refractivity contribution < 1.29 is 9.18 Å². The molecule has 6 nitrogen and oxygen atoms in total. The van der Waals surface area contributed by atoms with Crippen molar-refractivity contribution in [2.75, 3.05) is 49.1 Å². The number of rotatable bonds is 3. The number of piperazine rings is 1. The van der Waals surface area contributed by atoms with Gasteiger partial charge in [0.2, 0.25) is 5.95 Å². The minimum absolute atomic E-state index is 0.144. The Morgan fingerprint density at radius 1 is 0.966 bits per heavy atom. The maximum atomic E-state index is 13.3. The lowest BCUT2D eigenvalue weighted by atomic mass is 10.1. The summed E-state index contributed by atoms with van der Waals surface area (Å²) < 4.78 is 13.3. The number of anilines is 2. The highest BCUT2D eigenvalue weighted by Gasteiger charge is 2.25. The molecule has 2 fully saturated rings. The van der Waals surface area contributed by atoms with Crippen LogP contribution in [0, 0.1) is 12.7 Å². The van der Waals surface area contributed by atoms with E-state index in [1.54, 1.807) is 4.90 Å². The smallest absolute Gasteiger partial charge is 0.255 e. The van der Waals surface area contributed by atoms with Crippen LogP contribution in [0.4, 0.5) is 16.2 Å². The molecule has 0 saturated carbocycles. The van der Waals surface area contributed by atoms with Crippen molar-refractivity contribution in [1.29, 1.82) is 0 Å². The van der Waals surface area contributed by atoms with E-state index in [0.29, 0.717) is 31.7 Å². The van der Waals surface area contributed by atoms with Gasteiger partial charge in [0.25, 0.3) is 5.91 Å².